The summed E-state index contributed by atoms with van der Waals surface area (Å²) in [5.74, 6) is 0.226. The maximum absolute atomic E-state index is 13.7. The van der Waals surface area contributed by atoms with Crippen LogP contribution in [0.3, 0.4) is 0 Å². The van der Waals surface area contributed by atoms with Crippen LogP contribution in [0.25, 0.3) is 11.0 Å². The van der Waals surface area contributed by atoms with E-state index in [4.69, 9.17) is 14.6 Å². The summed E-state index contributed by atoms with van der Waals surface area (Å²) < 4.78 is 6.03. The summed E-state index contributed by atoms with van der Waals surface area (Å²) in [4.78, 5) is 27.4. The van der Waals surface area contributed by atoms with Gasteiger partial charge in [-0.3, -0.25) is 9.59 Å². The van der Waals surface area contributed by atoms with E-state index in [9.17, 15) is 9.59 Å². The van der Waals surface area contributed by atoms with E-state index in [2.05, 4.69) is 21.3 Å². The molecule has 1 aliphatic carbocycles. The normalized spacial score (nSPS) is 12.7. The van der Waals surface area contributed by atoms with Gasteiger partial charge in [0, 0.05) is 55.8 Å². The lowest BCUT2D eigenvalue weighted by atomic mass is 9.81. The largest absolute Gasteiger partial charge is 0.459 e. The van der Waals surface area contributed by atoms with E-state index in [1.54, 1.807) is 24.3 Å². The van der Waals surface area contributed by atoms with Crippen molar-refractivity contribution in [3.8, 4) is 0 Å². The van der Waals surface area contributed by atoms with Crippen molar-refractivity contribution < 1.29 is 24.2 Å². The maximum atomic E-state index is 13.7. The molecule has 4 rings (SSSR count). The molecule has 1 aromatic heterocycles. The van der Waals surface area contributed by atoms with Crippen molar-refractivity contribution in [3.05, 3.63) is 58.3 Å². The van der Waals surface area contributed by atoms with E-state index in [1.807, 2.05) is 13.0 Å². The van der Waals surface area contributed by atoms with Crippen LogP contribution in [0, 0.1) is 6.92 Å². The first-order chi connectivity index (χ1) is 16.6. The fourth-order valence-electron chi connectivity index (χ4n) is 4.30. The molecule has 0 saturated heterocycles. The summed E-state index contributed by atoms with van der Waals surface area (Å²) >= 11 is 0. The number of aryl methyl sites for hydroxylation is 1. The number of furan rings is 1. The molecule has 34 heavy (non-hydrogen) atoms. The van der Waals surface area contributed by atoms with Gasteiger partial charge < -0.3 is 35.9 Å². The van der Waals surface area contributed by atoms with Crippen molar-refractivity contribution >= 4 is 33.9 Å². The van der Waals surface area contributed by atoms with Crippen molar-refractivity contribution in [1.29, 1.82) is 0 Å². The summed E-state index contributed by atoms with van der Waals surface area (Å²) in [6.07, 6.45) is 0. The highest BCUT2D eigenvalue weighted by molar-refractivity contribution is 6.34. The number of hydrogen-bond acceptors (Lipinski definition) is 9. The van der Waals surface area contributed by atoms with E-state index >= 15 is 0 Å². The molecule has 9 nitrogen and oxygen atoms in total. The molecule has 1 heterocycles. The minimum Gasteiger partial charge on any atom is -0.459 e. The first-order valence-electron chi connectivity index (χ1n) is 11.5. The Labute approximate surface area is 197 Å². The Morgan fingerprint density at radius 3 is 1.85 bits per heavy atom. The Bertz CT molecular complexity index is 1110. The highest BCUT2D eigenvalue weighted by atomic mass is 16.3. The molecule has 0 radical (unpaired) electrons. The highest BCUT2D eigenvalue weighted by Gasteiger charge is 2.36. The number of rotatable bonds is 12. The van der Waals surface area contributed by atoms with Gasteiger partial charge in [-0.05, 0) is 13.0 Å². The van der Waals surface area contributed by atoms with Crippen molar-refractivity contribution in [3.63, 3.8) is 0 Å². The zero-order valence-electron chi connectivity index (χ0n) is 19.2. The summed E-state index contributed by atoms with van der Waals surface area (Å²) in [5.41, 5.74) is 3.00. The van der Waals surface area contributed by atoms with Gasteiger partial charge in [-0.25, -0.2) is 0 Å². The second-order valence-corrected chi connectivity index (χ2v) is 8.10. The molecule has 180 valence electrons. The monoisotopic (exact) mass is 466 g/mol. The molecule has 1 aliphatic rings. The van der Waals surface area contributed by atoms with Crippen LogP contribution in [-0.2, 0) is 0 Å². The number of aliphatic hydroxyl groups is 2. The molecule has 0 atom stereocenters. The van der Waals surface area contributed by atoms with E-state index < -0.39 is 0 Å². The van der Waals surface area contributed by atoms with E-state index in [-0.39, 0.29) is 24.8 Å². The molecular weight excluding hydrogens is 436 g/mol. The van der Waals surface area contributed by atoms with Crippen molar-refractivity contribution in [2.24, 2.45) is 0 Å². The summed E-state index contributed by atoms with van der Waals surface area (Å²) in [5, 5.41) is 31.5. The van der Waals surface area contributed by atoms with Crippen LogP contribution < -0.4 is 21.3 Å². The fraction of sp³-hybridized carbons (Fsp3) is 0.360. The summed E-state index contributed by atoms with van der Waals surface area (Å²) in [6, 6.07) is 8.73. The Morgan fingerprint density at radius 1 is 0.765 bits per heavy atom. The van der Waals surface area contributed by atoms with Crippen LogP contribution in [0.2, 0.25) is 0 Å². The standard InChI is InChI=1S/C25H30N4O5/c1-15-14-18-21(28-8-6-26-10-12-30)19-20(22(25(18)34-15)29-9-7-27-11-13-31)24(33)17-5-3-2-4-16(17)23(19)32/h2-5,14,26-31H,6-13H2,1H3. The molecule has 6 N–H and O–H groups in total. The van der Waals surface area contributed by atoms with Crippen molar-refractivity contribution in [2.45, 2.75) is 6.92 Å². The summed E-state index contributed by atoms with van der Waals surface area (Å²) in [7, 11) is 0. The molecule has 0 aliphatic heterocycles. The lowest BCUT2D eigenvalue weighted by molar-refractivity contribution is 0.0980. The van der Waals surface area contributed by atoms with Crippen LogP contribution in [0.15, 0.2) is 34.7 Å². The van der Waals surface area contributed by atoms with Crippen LogP contribution in [0.4, 0.5) is 11.4 Å². The van der Waals surface area contributed by atoms with Gasteiger partial charge in [-0.1, -0.05) is 24.3 Å². The first kappa shape index (κ1) is 23.9. The lowest BCUT2D eigenvalue weighted by Crippen LogP contribution is -2.29. The Kier molecular flexibility index (Phi) is 7.59. The number of carbonyl (C=O) groups excluding carboxylic acids is 2. The molecule has 2 aromatic carbocycles. The molecule has 3 aromatic rings. The van der Waals surface area contributed by atoms with Gasteiger partial charge >= 0.3 is 0 Å². The maximum Gasteiger partial charge on any atom is 0.196 e. The van der Waals surface area contributed by atoms with Gasteiger partial charge in [0.2, 0.25) is 0 Å². The quantitative estimate of drug-likeness (QED) is 0.136. The number of aliphatic hydroxyl groups excluding tert-OH is 2. The van der Waals surface area contributed by atoms with E-state index in [0.717, 1.165) is 5.39 Å². The molecule has 0 unspecified atom stereocenters. The second kappa shape index (κ2) is 10.8. The first-order valence-corrected chi connectivity index (χ1v) is 11.5. The fourth-order valence-corrected chi connectivity index (χ4v) is 4.30. The smallest absolute Gasteiger partial charge is 0.196 e. The SMILES string of the molecule is Cc1cc2c(NCCNCCO)c3c(c(NCCNCCO)c2o1)C(=O)c1ccccc1C3=O. The topological polar surface area (TPSA) is 136 Å². The lowest BCUT2D eigenvalue weighted by Gasteiger charge is -2.24. The van der Waals surface area contributed by atoms with Crippen molar-refractivity contribution in [2.75, 3.05) is 63.1 Å². The van der Waals surface area contributed by atoms with Crippen molar-refractivity contribution in [1.82, 2.24) is 10.6 Å². The second-order valence-electron chi connectivity index (χ2n) is 8.10. The number of nitrogens with one attached hydrogen (secondary N) is 4. The van der Waals surface area contributed by atoms with Gasteiger partial charge in [0.05, 0.1) is 35.7 Å². The summed E-state index contributed by atoms with van der Waals surface area (Å²) in [6.45, 7) is 4.94. The van der Waals surface area contributed by atoms with E-state index in [1.165, 1.54) is 0 Å². The van der Waals surface area contributed by atoms with Gasteiger partial charge in [0.25, 0.3) is 0 Å². The predicted octanol–water partition coefficient (Wildman–Crippen LogP) is 1.50. The number of anilines is 2. The Hall–Kier alpha value is -3.24. The molecule has 0 saturated carbocycles. The van der Waals surface area contributed by atoms with Crippen LogP contribution in [-0.4, -0.2) is 74.3 Å². The van der Waals surface area contributed by atoms with Crippen LogP contribution in [0.1, 0.15) is 37.6 Å². The number of carbonyl (C=O) groups is 2. The Morgan fingerprint density at radius 2 is 1.29 bits per heavy atom. The molecule has 0 bridgehead atoms. The minimum atomic E-state index is -0.228. The molecule has 0 amide bonds. The molecule has 0 fully saturated rings. The number of fused-ring (bicyclic) bond motifs is 3. The van der Waals surface area contributed by atoms with Gasteiger partial charge in [0.15, 0.2) is 17.1 Å². The Balaban J connectivity index is 1.82. The van der Waals surface area contributed by atoms with Crippen LogP contribution >= 0.6 is 0 Å². The third kappa shape index (κ3) is 4.55. The average molecular weight is 467 g/mol. The average Bonchev–Trinajstić information content (AvgIpc) is 3.23. The third-order valence-corrected chi connectivity index (χ3v) is 5.76. The zero-order valence-corrected chi connectivity index (χ0v) is 19.2. The molecule has 9 heteroatoms. The number of hydrogen-bond donors (Lipinski definition) is 6. The van der Waals surface area contributed by atoms with Gasteiger partial charge in [-0.15, -0.1) is 0 Å². The number of benzene rings is 2. The van der Waals surface area contributed by atoms with Crippen LogP contribution in [0.5, 0.6) is 0 Å². The zero-order chi connectivity index (χ0) is 24.1. The number of ketones is 2. The minimum absolute atomic E-state index is 0.0360. The van der Waals surface area contributed by atoms with E-state index in [0.29, 0.717) is 84.2 Å². The molecule has 0 spiro atoms. The predicted molar refractivity (Wildman–Crippen MR) is 131 cm³/mol. The van der Waals surface area contributed by atoms with Gasteiger partial charge in [0.1, 0.15) is 5.76 Å². The molecular formula is C25H30N4O5. The van der Waals surface area contributed by atoms with Gasteiger partial charge in [-0.2, -0.15) is 0 Å². The highest BCUT2D eigenvalue weighted by Crippen LogP contribution is 2.44. The third-order valence-electron chi connectivity index (χ3n) is 5.76.